The lowest BCUT2D eigenvalue weighted by molar-refractivity contribution is -0.150. The van der Waals surface area contributed by atoms with E-state index in [2.05, 4.69) is 0 Å². The lowest BCUT2D eigenvalue weighted by atomic mass is 9.85. The highest BCUT2D eigenvalue weighted by Crippen LogP contribution is 2.40. The van der Waals surface area contributed by atoms with Gasteiger partial charge in [0, 0.05) is 12.1 Å². The maximum atomic E-state index is 12.6. The van der Waals surface area contributed by atoms with Gasteiger partial charge in [-0.3, -0.25) is 4.79 Å². The molecule has 1 aromatic heterocycles. The highest BCUT2D eigenvalue weighted by atomic mass is 16.5. The topological polar surface area (TPSA) is 59.8 Å². The van der Waals surface area contributed by atoms with Gasteiger partial charge in [0.25, 0.3) is 0 Å². The molecule has 118 valence electrons. The first kappa shape index (κ1) is 14.9. The first-order valence-electron chi connectivity index (χ1n) is 7.82. The molecule has 2 heterocycles. The summed E-state index contributed by atoms with van der Waals surface area (Å²) in [4.78, 5) is 26.4. The average molecular weight is 303 g/mol. The quantitative estimate of drug-likeness (QED) is 0.636. The van der Waals surface area contributed by atoms with Crippen molar-refractivity contribution in [3.05, 3.63) is 30.2 Å². The van der Waals surface area contributed by atoms with Crippen LogP contribution in [0, 0.1) is 5.92 Å². The van der Waals surface area contributed by atoms with Gasteiger partial charge in [-0.05, 0) is 43.4 Å². The molecule has 1 saturated carbocycles. The van der Waals surface area contributed by atoms with Gasteiger partial charge in [0.2, 0.25) is 5.91 Å². The molecule has 1 aliphatic heterocycles. The normalized spacial score (nSPS) is 27.9. The van der Waals surface area contributed by atoms with Crippen molar-refractivity contribution in [2.75, 3.05) is 7.11 Å². The molecule has 1 aromatic rings. The minimum Gasteiger partial charge on any atom is -0.467 e. The molecule has 0 bridgehead atoms. The Kier molecular flexibility index (Phi) is 4.32. The number of fused-ring (bicyclic) bond motifs is 1. The zero-order valence-electron chi connectivity index (χ0n) is 12.7. The molecule has 3 rings (SSSR count). The molecule has 0 radical (unpaired) electrons. The maximum Gasteiger partial charge on any atom is 0.328 e. The number of carbonyl (C=O) groups is 2. The molecule has 5 heteroatoms. The van der Waals surface area contributed by atoms with Crippen LogP contribution in [-0.2, 0) is 14.3 Å². The summed E-state index contributed by atoms with van der Waals surface area (Å²) in [6, 6.07) is 3.27. The number of amides is 1. The van der Waals surface area contributed by atoms with Crippen LogP contribution in [0.25, 0.3) is 6.08 Å². The molecule has 1 aliphatic carbocycles. The van der Waals surface area contributed by atoms with E-state index >= 15 is 0 Å². The standard InChI is InChI=1S/C17H21NO4/c1-21-17(20)15-11-12-5-2-3-7-14(12)18(15)16(19)9-8-13-6-4-10-22-13/h4,6,8-10,12,14-15H,2-3,5,7,11H2,1H3. The van der Waals surface area contributed by atoms with Crippen LogP contribution in [-0.4, -0.2) is 36.0 Å². The summed E-state index contributed by atoms with van der Waals surface area (Å²) in [6.45, 7) is 0. The number of methoxy groups -OCH3 is 1. The molecule has 1 amide bonds. The molecule has 22 heavy (non-hydrogen) atoms. The third kappa shape index (κ3) is 2.80. The largest absolute Gasteiger partial charge is 0.467 e. The Labute approximate surface area is 129 Å². The predicted molar refractivity (Wildman–Crippen MR) is 80.8 cm³/mol. The molecule has 0 aromatic carbocycles. The fourth-order valence-electron chi connectivity index (χ4n) is 3.75. The summed E-state index contributed by atoms with van der Waals surface area (Å²) in [6.07, 6.45) is 9.77. The van der Waals surface area contributed by atoms with Crippen molar-refractivity contribution in [2.24, 2.45) is 5.92 Å². The lowest BCUT2D eigenvalue weighted by Crippen LogP contribution is -2.45. The number of nitrogens with zero attached hydrogens (tertiary/aromatic N) is 1. The second-order valence-electron chi connectivity index (χ2n) is 5.98. The fraction of sp³-hybridized carbons (Fsp3) is 0.529. The van der Waals surface area contributed by atoms with Gasteiger partial charge in [0.15, 0.2) is 0 Å². The van der Waals surface area contributed by atoms with Crippen molar-refractivity contribution in [3.63, 3.8) is 0 Å². The second kappa shape index (κ2) is 6.38. The van der Waals surface area contributed by atoms with Crippen molar-refractivity contribution in [3.8, 4) is 0 Å². The Hall–Kier alpha value is -2.04. The van der Waals surface area contributed by atoms with E-state index in [0.29, 0.717) is 11.7 Å². The van der Waals surface area contributed by atoms with Gasteiger partial charge in [0.1, 0.15) is 11.8 Å². The van der Waals surface area contributed by atoms with E-state index in [1.54, 1.807) is 29.4 Å². The minimum absolute atomic E-state index is 0.138. The van der Waals surface area contributed by atoms with E-state index in [-0.39, 0.29) is 17.9 Å². The third-order valence-electron chi connectivity index (χ3n) is 4.75. The summed E-state index contributed by atoms with van der Waals surface area (Å²) in [5, 5.41) is 0. The van der Waals surface area contributed by atoms with Gasteiger partial charge >= 0.3 is 5.97 Å². The number of likely N-dealkylation sites (tertiary alicyclic amines) is 1. The Bertz CT molecular complexity index is 563. The van der Waals surface area contributed by atoms with E-state index in [0.717, 1.165) is 25.7 Å². The Morgan fingerprint density at radius 3 is 2.91 bits per heavy atom. The van der Waals surface area contributed by atoms with Gasteiger partial charge in [0.05, 0.1) is 13.4 Å². The van der Waals surface area contributed by atoms with Gasteiger partial charge in [-0.1, -0.05) is 12.8 Å². The number of hydrogen-bond acceptors (Lipinski definition) is 4. The van der Waals surface area contributed by atoms with Crippen molar-refractivity contribution in [1.82, 2.24) is 4.90 Å². The predicted octanol–water partition coefficient (Wildman–Crippen LogP) is 2.63. The van der Waals surface area contributed by atoms with E-state index in [4.69, 9.17) is 9.15 Å². The van der Waals surface area contributed by atoms with Crippen molar-refractivity contribution >= 4 is 18.0 Å². The van der Waals surface area contributed by atoms with E-state index < -0.39 is 6.04 Å². The van der Waals surface area contributed by atoms with Crippen molar-refractivity contribution in [2.45, 2.75) is 44.2 Å². The molecule has 1 saturated heterocycles. The summed E-state index contributed by atoms with van der Waals surface area (Å²) >= 11 is 0. The number of furan rings is 1. The van der Waals surface area contributed by atoms with Gasteiger partial charge in [-0.2, -0.15) is 0 Å². The number of esters is 1. The SMILES string of the molecule is COC(=O)C1CC2CCCCC2N1C(=O)C=Cc1ccco1. The second-order valence-corrected chi connectivity index (χ2v) is 5.98. The molecule has 3 atom stereocenters. The zero-order valence-corrected chi connectivity index (χ0v) is 12.7. The average Bonchev–Trinajstić information content (AvgIpc) is 3.18. The third-order valence-corrected chi connectivity index (χ3v) is 4.75. The Balaban J connectivity index is 1.80. The number of carbonyl (C=O) groups excluding carboxylic acids is 2. The van der Waals surface area contributed by atoms with Crippen LogP contribution in [0.4, 0.5) is 0 Å². The van der Waals surface area contributed by atoms with Crippen LogP contribution in [0.3, 0.4) is 0 Å². The molecule has 5 nitrogen and oxygen atoms in total. The van der Waals surface area contributed by atoms with Crippen LogP contribution >= 0.6 is 0 Å². The van der Waals surface area contributed by atoms with Crippen LogP contribution in [0.15, 0.2) is 28.9 Å². The smallest absolute Gasteiger partial charge is 0.328 e. The van der Waals surface area contributed by atoms with Gasteiger partial charge in [-0.15, -0.1) is 0 Å². The molecule has 2 fully saturated rings. The summed E-state index contributed by atoms with van der Waals surface area (Å²) in [5.74, 6) is 0.594. The molecule has 0 N–H and O–H groups in total. The maximum absolute atomic E-state index is 12.6. The van der Waals surface area contributed by atoms with Gasteiger partial charge < -0.3 is 14.1 Å². The zero-order chi connectivity index (χ0) is 15.5. The van der Waals surface area contributed by atoms with Crippen LogP contribution < -0.4 is 0 Å². The van der Waals surface area contributed by atoms with Crippen LogP contribution in [0.2, 0.25) is 0 Å². The number of ether oxygens (including phenoxy) is 1. The van der Waals surface area contributed by atoms with E-state index in [1.165, 1.54) is 19.6 Å². The molecule has 2 aliphatic rings. The van der Waals surface area contributed by atoms with Crippen LogP contribution in [0.5, 0.6) is 0 Å². The fourth-order valence-corrected chi connectivity index (χ4v) is 3.75. The highest BCUT2D eigenvalue weighted by Gasteiger charge is 2.47. The summed E-state index contributed by atoms with van der Waals surface area (Å²) in [7, 11) is 1.38. The number of hydrogen-bond donors (Lipinski definition) is 0. The first-order chi connectivity index (χ1) is 10.7. The van der Waals surface area contributed by atoms with Crippen LogP contribution in [0.1, 0.15) is 37.9 Å². The van der Waals surface area contributed by atoms with Crippen molar-refractivity contribution < 1.29 is 18.7 Å². The van der Waals surface area contributed by atoms with Crippen molar-refractivity contribution in [1.29, 1.82) is 0 Å². The Morgan fingerprint density at radius 2 is 2.18 bits per heavy atom. The van der Waals surface area contributed by atoms with E-state index in [1.807, 2.05) is 0 Å². The summed E-state index contributed by atoms with van der Waals surface area (Å²) in [5.41, 5.74) is 0. The number of rotatable bonds is 3. The van der Waals surface area contributed by atoms with E-state index in [9.17, 15) is 9.59 Å². The molecule has 0 spiro atoms. The highest BCUT2D eigenvalue weighted by molar-refractivity contribution is 5.95. The first-order valence-corrected chi connectivity index (χ1v) is 7.82. The monoisotopic (exact) mass is 303 g/mol. The Morgan fingerprint density at radius 1 is 1.36 bits per heavy atom. The molecular formula is C17H21NO4. The molecule has 3 unspecified atom stereocenters. The lowest BCUT2D eigenvalue weighted by Gasteiger charge is -2.32. The molecular weight excluding hydrogens is 282 g/mol. The summed E-state index contributed by atoms with van der Waals surface area (Å²) < 4.78 is 10.1. The van der Waals surface area contributed by atoms with Gasteiger partial charge in [-0.25, -0.2) is 4.79 Å². The minimum atomic E-state index is -0.452.